The number of amides is 1. The Hall–Kier alpha value is -3.15. The number of fused-ring (bicyclic) bond motifs is 2. The van der Waals surface area contributed by atoms with Crippen molar-refractivity contribution in [2.24, 2.45) is 7.05 Å². The van der Waals surface area contributed by atoms with Crippen molar-refractivity contribution in [3.63, 3.8) is 0 Å². The highest BCUT2D eigenvalue weighted by molar-refractivity contribution is 6.11. The van der Waals surface area contributed by atoms with Crippen molar-refractivity contribution in [2.45, 2.75) is 12.8 Å². The summed E-state index contributed by atoms with van der Waals surface area (Å²) in [7, 11) is 1.52. The first-order valence-corrected chi connectivity index (χ1v) is 7.70. The van der Waals surface area contributed by atoms with Gasteiger partial charge in [-0.2, -0.15) is 0 Å². The lowest BCUT2D eigenvalue weighted by Crippen LogP contribution is -2.42. The van der Waals surface area contributed by atoms with Crippen LogP contribution in [0.4, 0.5) is 11.4 Å². The normalized spacial score (nSPS) is 13.1. The Balaban J connectivity index is 1.95. The minimum absolute atomic E-state index is 0.0958. The third kappa shape index (κ3) is 2.15. The Morgan fingerprint density at radius 3 is 2.12 bits per heavy atom. The zero-order chi connectivity index (χ0) is 16.7. The predicted octanol–water partition coefficient (Wildman–Crippen LogP) is 1.65. The van der Waals surface area contributed by atoms with Crippen molar-refractivity contribution in [1.82, 2.24) is 5.27 Å². The first kappa shape index (κ1) is 14.4. The zero-order valence-electron chi connectivity index (χ0n) is 13.1. The second kappa shape index (κ2) is 5.49. The fraction of sp³-hybridized carbons (Fsp3) is 0.167. The van der Waals surface area contributed by atoms with Gasteiger partial charge in [0.15, 0.2) is 13.0 Å². The van der Waals surface area contributed by atoms with Gasteiger partial charge < -0.3 is 9.63 Å². The summed E-state index contributed by atoms with van der Waals surface area (Å²) in [6.45, 7) is 0. The third-order valence-corrected chi connectivity index (χ3v) is 4.30. The first-order chi connectivity index (χ1) is 11.7. The molecule has 0 radical (unpaired) electrons. The summed E-state index contributed by atoms with van der Waals surface area (Å²) in [5.74, 6) is -1.17. The van der Waals surface area contributed by atoms with Crippen molar-refractivity contribution in [3.8, 4) is 5.95 Å². The van der Waals surface area contributed by atoms with E-state index in [-0.39, 0.29) is 5.69 Å². The lowest BCUT2D eigenvalue weighted by Gasteiger charge is -2.23. The lowest BCUT2D eigenvalue weighted by molar-refractivity contribution is -0.741. The van der Waals surface area contributed by atoms with E-state index in [2.05, 4.69) is 9.79 Å². The van der Waals surface area contributed by atoms with Crippen molar-refractivity contribution in [3.05, 3.63) is 65.4 Å². The molecule has 0 saturated heterocycles. The molecule has 1 aromatic heterocycles. The van der Waals surface area contributed by atoms with Gasteiger partial charge in [0, 0.05) is 0 Å². The number of benzene rings is 2. The summed E-state index contributed by atoms with van der Waals surface area (Å²) in [5, 5.41) is 15.5. The topological polar surface area (TPSA) is 73.3 Å². The second-order valence-corrected chi connectivity index (χ2v) is 5.73. The molecule has 0 spiro atoms. The first-order valence-electron chi connectivity index (χ1n) is 7.70. The summed E-state index contributed by atoms with van der Waals surface area (Å²) in [4.78, 5) is 14.8. The molecule has 0 atom stereocenters. The molecule has 0 fully saturated rings. The SMILES string of the molecule is C[n+]1noc([O-])c1C(=O)N1c2ccccc2CCc2ccccc21. The molecule has 0 unspecified atom stereocenters. The zero-order valence-corrected chi connectivity index (χ0v) is 13.1. The molecule has 0 bridgehead atoms. The van der Waals surface area contributed by atoms with Gasteiger partial charge >= 0.3 is 11.6 Å². The number of carbonyl (C=O) groups is 1. The van der Waals surface area contributed by atoms with Gasteiger partial charge in [-0.15, -0.1) is 0 Å². The quantitative estimate of drug-likeness (QED) is 0.639. The monoisotopic (exact) mass is 321 g/mol. The molecule has 1 aliphatic rings. The van der Waals surface area contributed by atoms with E-state index in [1.54, 1.807) is 4.90 Å². The Morgan fingerprint density at radius 2 is 1.62 bits per heavy atom. The van der Waals surface area contributed by atoms with Crippen molar-refractivity contribution < 1.29 is 19.1 Å². The fourth-order valence-corrected chi connectivity index (χ4v) is 3.14. The summed E-state index contributed by atoms with van der Waals surface area (Å²) >= 11 is 0. The Morgan fingerprint density at radius 1 is 1.08 bits per heavy atom. The van der Waals surface area contributed by atoms with E-state index in [1.165, 1.54) is 11.7 Å². The average Bonchev–Trinajstić information content (AvgIpc) is 2.84. The number of anilines is 2. The van der Waals surface area contributed by atoms with Gasteiger partial charge in [0.25, 0.3) is 0 Å². The molecular formula is C18H15N3O3. The lowest BCUT2D eigenvalue weighted by atomic mass is 10.0. The van der Waals surface area contributed by atoms with Gasteiger partial charge in [-0.3, -0.25) is 9.69 Å². The molecule has 1 aliphatic heterocycles. The van der Waals surface area contributed by atoms with Gasteiger partial charge in [-0.05, 0) is 36.1 Å². The highest BCUT2D eigenvalue weighted by atomic mass is 16.6. The van der Waals surface area contributed by atoms with Crippen LogP contribution in [0.15, 0.2) is 53.1 Å². The van der Waals surface area contributed by atoms with Crippen LogP contribution in [-0.2, 0) is 19.9 Å². The summed E-state index contributed by atoms with van der Waals surface area (Å²) < 4.78 is 5.81. The summed E-state index contributed by atoms with van der Waals surface area (Å²) in [6.07, 6.45) is 1.66. The van der Waals surface area contributed by atoms with E-state index in [0.29, 0.717) is 0 Å². The molecule has 120 valence electrons. The van der Waals surface area contributed by atoms with E-state index >= 15 is 0 Å². The number of nitrogens with zero attached hydrogens (tertiary/aromatic N) is 3. The van der Waals surface area contributed by atoms with Crippen molar-refractivity contribution in [1.29, 1.82) is 0 Å². The van der Waals surface area contributed by atoms with E-state index in [0.717, 1.165) is 35.3 Å². The van der Waals surface area contributed by atoms with Crippen LogP contribution in [0.1, 0.15) is 21.6 Å². The molecule has 0 saturated carbocycles. The molecule has 24 heavy (non-hydrogen) atoms. The van der Waals surface area contributed by atoms with E-state index < -0.39 is 11.9 Å². The van der Waals surface area contributed by atoms with Crippen LogP contribution in [0.3, 0.4) is 0 Å². The van der Waals surface area contributed by atoms with Crippen LogP contribution in [0.2, 0.25) is 0 Å². The van der Waals surface area contributed by atoms with Crippen molar-refractivity contribution in [2.75, 3.05) is 4.90 Å². The molecule has 2 aromatic carbocycles. The second-order valence-electron chi connectivity index (χ2n) is 5.73. The highest BCUT2D eigenvalue weighted by Gasteiger charge is 2.33. The minimum Gasteiger partial charge on any atom is -0.538 e. The number of rotatable bonds is 1. The van der Waals surface area contributed by atoms with E-state index in [9.17, 15) is 9.90 Å². The van der Waals surface area contributed by atoms with Gasteiger partial charge in [0.1, 0.15) is 0 Å². The van der Waals surface area contributed by atoms with Crippen LogP contribution in [-0.4, -0.2) is 11.2 Å². The number of carbonyl (C=O) groups excluding carboxylic acids is 1. The number of aryl methyl sites for hydroxylation is 3. The fourth-order valence-electron chi connectivity index (χ4n) is 3.14. The Bertz CT molecular complexity index is 866. The van der Waals surface area contributed by atoms with Crippen LogP contribution < -0.4 is 14.7 Å². The molecule has 3 aromatic rings. The van der Waals surface area contributed by atoms with Gasteiger partial charge in [0.05, 0.1) is 16.6 Å². The number of hydrogen-bond donors (Lipinski definition) is 0. The maximum Gasteiger partial charge on any atom is 0.332 e. The molecule has 1 amide bonds. The van der Waals surface area contributed by atoms with Gasteiger partial charge in [-0.1, -0.05) is 41.1 Å². The minimum atomic E-state index is -0.735. The standard InChI is InChI=1S/C18H15N3O3/c1-20-16(18(23)24-19-20)17(22)21-14-8-4-2-6-12(14)10-11-13-7-3-5-9-15(13)21/h2-9H,10-11H2,1H3. The Labute approximate surface area is 138 Å². The van der Waals surface area contributed by atoms with E-state index in [1.807, 2.05) is 48.5 Å². The summed E-state index contributed by atoms with van der Waals surface area (Å²) in [6, 6.07) is 15.5. The third-order valence-electron chi connectivity index (χ3n) is 4.30. The number of hydrogen-bond acceptors (Lipinski definition) is 4. The summed E-state index contributed by atoms with van der Waals surface area (Å²) in [5.41, 5.74) is 3.60. The largest absolute Gasteiger partial charge is 0.538 e. The maximum absolute atomic E-state index is 13.2. The van der Waals surface area contributed by atoms with Crippen LogP contribution in [0.5, 0.6) is 5.95 Å². The predicted molar refractivity (Wildman–Crippen MR) is 83.9 cm³/mol. The molecular weight excluding hydrogens is 306 g/mol. The molecule has 2 heterocycles. The van der Waals surface area contributed by atoms with Gasteiger partial charge in [0.2, 0.25) is 0 Å². The number of para-hydroxylation sites is 2. The smallest absolute Gasteiger partial charge is 0.332 e. The van der Waals surface area contributed by atoms with Gasteiger partial charge in [-0.25, -0.2) is 0 Å². The molecule has 6 nitrogen and oxygen atoms in total. The number of aromatic nitrogens is 2. The van der Waals surface area contributed by atoms with E-state index in [4.69, 9.17) is 0 Å². The molecule has 0 aliphatic carbocycles. The molecule has 4 rings (SSSR count). The highest BCUT2D eigenvalue weighted by Crippen LogP contribution is 2.37. The Kier molecular flexibility index (Phi) is 3.30. The molecule has 0 N–H and O–H groups in total. The maximum atomic E-state index is 13.2. The van der Waals surface area contributed by atoms with Crippen LogP contribution >= 0.6 is 0 Å². The van der Waals surface area contributed by atoms with Crippen LogP contribution in [0.25, 0.3) is 0 Å². The molecule has 6 heteroatoms. The van der Waals surface area contributed by atoms with Crippen LogP contribution in [0, 0.1) is 0 Å². The van der Waals surface area contributed by atoms with Crippen molar-refractivity contribution >= 4 is 17.3 Å². The average molecular weight is 321 g/mol.